The Bertz CT molecular complexity index is 1160. The van der Waals surface area contributed by atoms with Crippen LogP contribution in [-0.4, -0.2) is 32.9 Å². The lowest BCUT2D eigenvalue weighted by molar-refractivity contribution is -0.127. The number of hydrogen-bond acceptors (Lipinski definition) is 3. The fourth-order valence-electron chi connectivity index (χ4n) is 5.14. The molecule has 6 nitrogen and oxygen atoms in total. The minimum absolute atomic E-state index is 0.0956. The molecule has 2 aliphatic rings. The summed E-state index contributed by atoms with van der Waals surface area (Å²) in [6, 6.07) is 15.7. The number of nitrogens with zero attached hydrogens (tertiary/aromatic N) is 3. The van der Waals surface area contributed by atoms with Crippen LogP contribution in [0.25, 0.3) is 11.0 Å². The van der Waals surface area contributed by atoms with Crippen LogP contribution in [0.1, 0.15) is 61.6 Å². The number of nitrogens with one attached hydrogen (secondary N) is 1. The molecule has 6 heteroatoms. The molecule has 1 aliphatic carbocycles. The fourth-order valence-corrected chi connectivity index (χ4v) is 5.14. The van der Waals surface area contributed by atoms with Crippen LogP contribution in [0, 0.1) is 6.92 Å². The van der Waals surface area contributed by atoms with Crippen molar-refractivity contribution in [2.45, 2.75) is 70.5 Å². The van der Waals surface area contributed by atoms with Gasteiger partial charge in [0.1, 0.15) is 5.54 Å². The van der Waals surface area contributed by atoms with E-state index in [0.29, 0.717) is 12.4 Å². The normalized spacial score (nSPS) is 21.9. The summed E-state index contributed by atoms with van der Waals surface area (Å²) < 4.78 is 1.91. The summed E-state index contributed by atoms with van der Waals surface area (Å²) in [7, 11) is 0. The Kier molecular flexibility index (Phi) is 5.24. The molecule has 2 amide bonds. The monoisotopic (exact) mass is 430 g/mol. The summed E-state index contributed by atoms with van der Waals surface area (Å²) in [4.78, 5) is 33.9. The van der Waals surface area contributed by atoms with E-state index in [-0.39, 0.29) is 17.9 Å². The average Bonchev–Trinajstić information content (AvgIpc) is 2.96. The number of amides is 2. The third-order valence-electron chi connectivity index (χ3n) is 6.98. The van der Waals surface area contributed by atoms with Crippen LogP contribution in [0.15, 0.2) is 48.5 Å². The number of aryl methyl sites for hydroxylation is 1. The predicted molar refractivity (Wildman–Crippen MR) is 126 cm³/mol. The molecule has 1 aliphatic heterocycles. The van der Waals surface area contributed by atoms with Gasteiger partial charge >= 0.3 is 0 Å². The number of imidazole rings is 1. The van der Waals surface area contributed by atoms with Gasteiger partial charge in [0.05, 0.1) is 17.6 Å². The highest BCUT2D eigenvalue weighted by Gasteiger charge is 2.49. The highest BCUT2D eigenvalue weighted by Crippen LogP contribution is 2.35. The van der Waals surface area contributed by atoms with E-state index in [2.05, 4.69) is 10.3 Å². The number of rotatable bonds is 3. The molecule has 0 unspecified atom stereocenters. The number of carbonyl (C=O) groups is 2. The lowest BCUT2D eigenvalue weighted by Gasteiger charge is -2.44. The molecular formula is C26H30N4O2. The zero-order valence-electron chi connectivity index (χ0n) is 18.8. The second kappa shape index (κ2) is 8.08. The minimum atomic E-state index is -1.06. The standard InChI is InChI=1S/C26H30N4O2/c1-18-13-15-20(16-14-18)30-24(31)23-28-21-11-7-8-12-22(21)29(23)17-26(30,2)25(32)27-19-9-5-3-4-6-10-19/h7-8,11-16,19H,3-6,9-10,17H2,1-2H3,(H,27,32)/t26-/m0/s1. The molecule has 166 valence electrons. The first-order valence-corrected chi connectivity index (χ1v) is 11.6. The smallest absolute Gasteiger partial charge is 0.295 e. The number of carbonyl (C=O) groups excluding carboxylic acids is 2. The van der Waals surface area contributed by atoms with E-state index in [1.165, 1.54) is 12.8 Å². The van der Waals surface area contributed by atoms with Crippen LogP contribution >= 0.6 is 0 Å². The number of aromatic nitrogens is 2. The first kappa shape index (κ1) is 20.7. The van der Waals surface area contributed by atoms with Crippen LogP contribution < -0.4 is 10.2 Å². The zero-order chi connectivity index (χ0) is 22.3. The molecular weight excluding hydrogens is 400 g/mol. The minimum Gasteiger partial charge on any atom is -0.351 e. The molecule has 2 heterocycles. The van der Waals surface area contributed by atoms with Crippen LogP contribution in [0.5, 0.6) is 0 Å². The van der Waals surface area contributed by atoms with Gasteiger partial charge < -0.3 is 9.88 Å². The third kappa shape index (κ3) is 3.48. The first-order chi connectivity index (χ1) is 15.5. The molecule has 0 spiro atoms. The molecule has 2 aromatic carbocycles. The van der Waals surface area contributed by atoms with Gasteiger partial charge in [0.25, 0.3) is 5.91 Å². The Morgan fingerprint density at radius 1 is 1.03 bits per heavy atom. The lowest BCUT2D eigenvalue weighted by Crippen LogP contribution is -2.65. The summed E-state index contributed by atoms with van der Waals surface area (Å²) in [5, 5.41) is 3.31. The van der Waals surface area contributed by atoms with E-state index >= 15 is 0 Å². The fraction of sp³-hybridized carbons (Fsp3) is 0.423. The summed E-state index contributed by atoms with van der Waals surface area (Å²) in [5.74, 6) is 0.0445. The van der Waals surface area contributed by atoms with Gasteiger partial charge in [-0.2, -0.15) is 0 Å². The van der Waals surface area contributed by atoms with Crippen molar-refractivity contribution < 1.29 is 9.59 Å². The van der Waals surface area contributed by atoms with Crippen molar-refractivity contribution in [2.75, 3.05) is 4.90 Å². The predicted octanol–water partition coefficient (Wildman–Crippen LogP) is 4.60. The van der Waals surface area contributed by atoms with Gasteiger partial charge in [-0.15, -0.1) is 0 Å². The van der Waals surface area contributed by atoms with Gasteiger partial charge in [-0.1, -0.05) is 55.5 Å². The maximum absolute atomic E-state index is 13.8. The maximum Gasteiger partial charge on any atom is 0.295 e. The molecule has 1 atom stereocenters. The van der Waals surface area contributed by atoms with Gasteiger partial charge in [0.2, 0.25) is 11.7 Å². The van der Waals surface area contributed by atoms with Crippen LogP contribution in [0.3, 0.4) is 0 Å². The van der Waals surface area contributed by atoms with Crippen molar-refractivity contribution in [3.8, 4) is 0 Å². The van der Waals surface area contributed by atoms with Crippen LogP contribution in [-0.2, 0) is 11.3 Å². The second-order valence-electron chi connectivity index (χ2n) is 9.42. The van der Waals surface area contributed by atoms with Gasteiger partial charge in [0.15, 0.2) is 0 Å². The van der Waals surface area contributed by atoms with Crippen molar-refractivity contribution in [3.05, 3.63) is 59.9 Å². The highest BCUT2D eigenvalue weighted by molar-refractivity contribution is 6.12. The van der Waals surface area contributed by atoms with E-state index in [1.807, 2.05) is 66.9 Å². The van der Waals surface area contributed by atoms with E-state index in [9.17, 15) is 9.59 Å². The molecule has 1 fully saturated rings. The van der Waals surface area contributed by atoms with Crippen molar-refractivity contribution in [3.63, 3.8) is 0 Å². The van der Waals surface area contributed by atoms with Gasteiger partial charge in [-0.05, 0) is 51.0 Å². The van der Waals surface area contributed by atoms with Crippen molar-refractivity contribution >= 4 is 28.5 Å². The van der Waals surface area contributed by atoms with Crippen LogP contribution in [0.2, 0.25) is 0 Å². The lowest BCUT2D eigenvalue weighted by atomic mass is 9.93. The molecule has 3 aromatic rings. The van der Waals surface area contributed by atoms with E-state index in [1.54, 1.807) is 4.90 Å². The zero-order valence-corrected chi connectivity index (χ0v) is 18.8. The van der Waals surface area contributed by atoms with Gasteiger partial charge in [0, 0.05) is 11.7 Å². The van der Waals surface area contributed by atoms with Crippen LogP contribution in [0.4, 0.5) is 5.69 Å². The SMILES string of the molecule is Cc1ccc(N2C(=O)c3nc4ccccc4n3C[C@@]2(C)C(=O)NC2CCCCCC2)cc1. The van der Waals surface area contributed by atoms with Crippen molar-refractivity contribution in [1.82, 2.24) is 14.9 Å². The molecule has 1 saturated carbocycles. The summed E-state index contributed by atoms with van der Waals surface area (Å²) in [5.41, 5.74) is 2.42. The maximum atomic E-state index is 13.8. The number of hydrogen-bond donors (Lipinski definition) is 1. The largest absolute Gasteiger partial charge is 0.351 e. The number of para-hydroxylation sites is 2. The van der Waals surface area contributed by atoms with E-state index in [4.69, 9.17) is 0 Å². The quantitative estimate of drug-likeness (QED) is 0.618. The van der Waals surface area contributed by atoms with Gasteiger partial charge in [-0.3, -0.25) is 14.5 Å². The van der Waals surface area contributed by atoms with E-state index < -0.39 is 5.54 Å². The van der Waals surface area contributed by atoms with Gasteiger partial charge in [-0.25, -0.2) is 4.98 Å². The Balaban J connectivity index is 1.59. The number of fused-ring (bicyclic) bond motifs is 3. The average molecular weight is 431 g/mol. The van der Waals surface area contributed by atoms with E-state index in [0.717, 1.165) is 48.0 Å². The number of anilines is 1. The Morgan fingerprint density at radius 2 is 1.72 bits per heavy atom. The van der Waals surface area contributed by atoms with Crippen molar-refractivity contribution in [2.24, 2.45) is 0 Å². The molecule has 0 bridgehead atoms. The summed E-state index contributed by atoms with van der Waals surface area (Å²) in [6.07, 6.45) is 6.72. The summed E-state index contributed by atoms with van der Waals surface area (Å²) in [6.45, 7) is 4.26. The molecule has 0 radical (unpaired) electrons. The summed E-state index contributed by atoms with van der Waals surface area (Å²) >= 11 is 0. The van der Waals surface area contributed by atoms with Crippen molar-refractivity contribution in [1.29, 1.82) is 0 Å². The molecule has 1 N–H and O–H groups in total. The molecule has 32 heavy (non-hydrogen) atoms. The Labute approximate surface area is 188 Å². The first-order valence-electron chi connectivity index (χ1n) is 11.6. The number of benzene rings is 2. The second-order valence-corrected chi connectivity index (χ2v) is 9.42. The molecule has 5 rings (SSSR count). The Hall–Kier alpha value is -3.15. The third-order valence-corrected chi connectivity index (χ3v) is 6.98. The topological polar surface area (TPSA) is 67.2 Å². The molecule has 1 aromatic heterocycles. The Morgan fingerprint density at radius 3 is 2.44 bits per heavy atom. The highest BCUT2D eigenvalue weighted by atomic mass is 16.2. The molecule has 0 saturated heterocycles.